The largest absolute Gasteiger partial charge is 0.383 e. The molecule has 1 aliphatic carbocycles. The van der Waals surface area contributed by atoms with Crippen molar-refractivity contribution in [3.05, 3.63) is 22.7 Å². The minimum absolute atomic E-state index is 0.0391. The lowest BCUT2D eigenvalue weighted by molar-refractivity contribution is -0.122. The van der Waals surface area contributed by atoms with E-state index in [9.17, 15) is 4.79 Å². The number of halogens is 1. The molecule has 2 aromatic rings. The molecule has 0 saturated heterocycles. The van der Waals surface area contributed by atoms with Crippen LogP contribution in [0.1, 0.15) is 25.7 Å². The molecule has 1 aromatic carbocycles. The first kappa shape index (κ1) is 16.0. The number of anilines is 2. The van der Waals surface area contributed by atoms with Gasteiger partial charge in [0, 0.05) is 22.3 Å². The highest BCUT2D eigenvalue weighted by Crippen LogP contribution is 2.29. The minimum atomic E-state index is -0.173. The van der Waals surface area contributed by atoms with Gasteiger partial charge >= 0.3 is 0 Å². The predicted molar refractivity (Wildman–Crippen MR) is 94.8 cm³/mol. The second-order valence-corrected chi connectivity index (χ2v) is 7.01. The quantitative estimate of drug-likeness (QED) is 0.758. The molecular formula is C16H20BrN5O. The summed E-state index contributed by atoms with van der Waals surface area (Å²) in [5.41, 5.74) is 12.2. The van der Waals surface area contributed by atoms with E-state index in [1.54, 1.807) is 0 Å². The number of nitrogens with one attached hydrogen (secondary N) is 1. The third kappa shape index (κ3) is 3.72. The van der Waals surface area contributed by atoms with Crippen molar-refractivity contribution in [2.24, 2.45) is 17.6 Å². The van der Waals surface area contributed by atoms with Gasteiger partial charge in [-0.3, -0.25) is 4.79 Å². The van der Waals surface area contributed by atoms with Gasteiger partial charge in [-0.05, 0) is 49.8 Å². The van der Waals surface area contributed by atoms with E-state index in [0.717, 1.165) is 47.6 Å². The van der Waals surface area contributed by atoms with Crippen molar-refractivity contribution >= 4 is 44.5 Å². The Morgan fingerprint density at radius 2 is 2.00 bits per heavy atom. The molecule has 6 nitrogen and oxygen atoms in total. The van der Waals surface area contributed by atoms with E-state index >= 15 is 0 Å². The van der Waals surface area contributed by atoms with E-state index < -0.39 is 0 Å². The molecule has 0 spiro atoms. The average Bonchev–Trinajstić information content (AvgIpc) is 2.54. The van der Waals surface area contributed by atoms with Crippen molar-refractivity contribution in [2.45, 2.75) is 25.7 Å². The van der Waals surface area contributed by atoms with Crippen LogP contribution in [0.15, 0.2) is 22.7 Å². The zero-order valence-electron chi connectivity index (χ0n) is 12.8. The maximum atomic E-state index is 11.2. The smallest absolute Gasteiger partial charge is 0.225 e. The Balaban J connectivity index is 1.64. The SMILES string of the molecule is NC(=O)C1CCC(CNc2nc(N)c3cc(Br)ccc3n2)CC1. The van der Waals surface area contributed by atoms with Crippen molar-refractivity contribution < 1.29 is 4.79 Å². The summed E-state index contributed by atoms with van der Waals surface area (Å²) in [4.78, 5) is 20.0. The zero-order valence-corrected chi connectivity index (χ0v) is 14.3. The molecule has 1 amide bonds. The summed E-state index contributed by atoms with van der Waals surface area (Å²) in [6.07, 6.45) is 3.74. The maximum absolute atomic E-state index is 11.2. The number of rotatable bonds is 4. The summed E-state index contributed by atoms with van der Waals surface area (Å²) in [6, 6.07) is 5.77. The van der Waals surface area contributed by atoms with Crippen molar-refractivity contribution in [3.8, 4) is 0 Å². The van der Waals surface area contributed by atoms with E-state index in [-0.39, 0.29) is 11.8 Å². The van der Waals surface area contributed by atoms with Crippen LogP contribution in [0.5, 0.6) is 0 Å². The number of nitrogens with zero attached hydrogens (tertiary/aromatic N) is 2. The molecule has 1 fully saturated rings. The Labute approximate surface area is 143 Å². The van der Waals surface area contributed by atoms with Crippen LogP contribution >= 0.6 is 15.9 Å². The lowest BCUT2D eigenvalue weighted by Crippen LogP contribution is -2.29. The van der Waals surface area contributed by atoms with Crippen molar-refractivity contribution in [2.75, 3.05) is 17.6 Å². The van der Waals surface area contributed by atoms with Gasteiger partial charge in [-0.2, -0.15) is 4.98 Å². The van der Waals surface area contributed by atoms with Gasteiger partial charge in [0.05, 0.1) is 5.52 Å². The Kier molecular flexibility index (Phi) is 4.66. The Morgan fingerprint density at radius 1 is 1.26 bits per heavy atom. The van der Waals surface area contributed by atoms with Crippen LogP contribution in [0.2, 0.25) is 0 Å². The van der Waals surface area contributed by atoms with E-state index in [2.05, 4.69) is 31.2 Å². The molecule has 7 heteroatoms. The molecule has 1 aromatic heterocycles. The van der Waals surface area contributed by atoms with Gasteiger partial charge < -0.3 is 16.8 Å². The van der Waals surface area contributed by atoms with Crippen LogP contribution in [0, 0.1) is 11.8 Å². The van der Waals surface area contributed by atoms with Crippen molar-refractivity contribution in [3.63, 3.8) is 0 Å². The molecule has 0 unspecified atom stereocenters. The topological polar surface area (TPSA) is 107 Å². The molecule has 5 N–H and O–H groups in total. The fraction of sp³-hybridized carbons (Fsp3) is 0.438. The maximum Gasteiger partial charge on any atom is 0.225 e. The molecule has 0 bridgehead atoms. The third-order valence-corrected chi connectivity index (χ3v) is 4.98. The van der Waals surface area contributed by atoms with Crippen LogP contribution in [0.25, 0.3) is 10.9 Å². The molecule has 1 heterocycles. The number of fused-ring (bicyclic) bond motifs is 1. The van der Waals surface area contributed by atoms with Gasteiger partial charge in [0.2, 0.25) is 11.9 Å². The third-order valence-electron chi connectivity index (χ3n) is 4.49. The van der Waals surface area contributed by atoms with Crippen molar-refractivity contribution in [1.29, 1.82) is 0 Å². The summed E-state index contributed by atoms with van der Waals surface area (Å²) in [7, 11) is 0. The van der Waals surface area contributed by atoms with E-state index in [1.807, 2.05) is 18.2 Å². The highest BCUT2D eigenvalue weighted by molar-refractivity contribution is 9.10. The molecule has 1 saturated carbocycles. The first-order valence-electron chi connectivity index (χ1n) is 7.79. The molecule has 3 rings (SSSR count). The van der Waals surface area contributed by atoms with Gasteiger partial charge in [-0.25, -0.2) is 4.98 Å². The Morgan fingerprint density at radius 3 is 2.70 bits per heavy atom. The number of benzene rings is 1. The molecular weight excluding hydrogens is 358 g/mol. The molecule has 23 heavy (non-hydrogen) atoms. The second kappa shape index (κ2) is 6.70. The van der Waals surface area contributed by atoms with Crippen LogP contribution in [-0.4, -0.2) is 22.4 Å². The predicted octanol–water partition coefficient (Wildman–Crippen LogP) is 2.68. The summed E-state index contributed by atoms with van der Waals surface area (Å²) >= 11 is 3.42. The fourth-order valence-corrected chi connectivity index (χ4v) is 3.45. The number of aromatic nitrogens is 2. The molecule has 122 valence electrons. The minimum Gasteiger partial charge on any atom is -0.383 e. The van der Waals surface area contributed by atoms with Gasteiger partial charge in [-0.15, -0.1) is 0 Å². The monoisotopic (exact) mass is 377 g/mol. The lowest BCUT2D eigenvalue weighted by atomic mass is 9.82. The number of carbonyl (C=O) groups excluding carboxylic acids is 1. The highest BCUT2D eigenvalue weighted by atomic mass is 79.9. The Hall–Kier alpha value is -1.89. The number of hydrogen-bond acceptors (Lipinski definition) is 5. The summed E-state index contributed by atoms with van der Waals surface area (Å²) in [5.74, 6) is 1.40. The number of carbonyl (C=O) groups is 1. The molecule has 0 aliphatic heterocycles. The first-order chi connectivity index (χ1) is 11.0. The van der Waals surface area contributed by atoms with Gasteiger partial charge in [-0.1, -0.05) is 15.9 Å². The van der Waals surface area contributed by atoms with Crippen LogP contribution in [0.4, 0.5) is 11.8 Å². The highest BCUT2D eigenvalue weighted by Gasteiger charge is 2.24. The van der Waals surface area contributed by atoms with Gasteiger partial charge in [0.25, 0.3) is 0 Å². The number of nitrogen functional groups attached to an aromatic ring is 1. The summed E-state index contributed by atoms with van der Waals surface area (Å²) < 4.78 is 0.951. The standard InChI is InChI=1S/C16H20BrN5O/c17-11-5-6-13-12(7-11)14(18)22-16(21-13)20-8-9-1-3-10(4-2-9)15(19)23/h5-7,9-10H,1-4,8H2,(H2,19,23)(H3,18,20,21,22). The second-order valence-electron chi connectivity index (χ2n) is 6.09. The van der Waals surface area contributed by atoms with E-state index in [1.165, 1.54) is 0 Å². The van der Waals surface area contributed by atoms with Crippen molar-refractivity contribution in [1.82, 2.24) is 9.97 Å². The molecule has 0 atom stereocenters. The van der Waals surface area contributed by atoms with Crippen LogP contribution in [-0.2, 0) is 4.79 Å². The lowest BCUT2D eigenvalue weighted by Gasteiger charge is -2.26. The molecule has 0 radical (unpaired) electrons. The summed E-state index contributed by atoms with van der Waals surface area (Å²) in [5, 5.41) is 4.12. The fourth-order valence-electron chi connectivity index (χ4n) is 3.09. The normalized spacial score (nSPS) is 21.3. The number of amides is 1. The summed E-state index contributed by atoms with van der Waals surface area (Å²) in [6.45, 7) is 0.785. The van der Waals surface area contributed by atoms with E-state index in [4.69, 9.17) is 11.5 Å². The number of hydrogen-bond donors (Lipinski definition) is 3. The van der Waals surface area contributed by atoms with Gasteiger partial charge in [0.15, 0.2) is 0 Å². The average molecular weight is 378 g/mol. The van der Waals surface area contributed by atoms with Gasteiger partial charge in [0.1, 0.15) is 5.82 Å². The van der Waals surface area contributed by atoms with Crippen LogP contribution < -0.4 is 16.8 Å². The number of primary amides is 1. The molecule has 1 aliphatic rings. The zero-order chi connectivity index (χ0) is 16.4. The first-order valence-corrected chi connectivity index (χ1v) is 8.58. The number of nitrogens with two attached hydrogens (primary N) is 2. The van der Waals surface area contributed by atoms with Crippen LogP contribution in [0.3, 0.4) is 0 Å². The van der Waals surface area contributed by atoms with E-state index in [0.29, 0.717) is 17.7 Å². The Bertz CT molecular complexity index is 728.